The number of halogens is 1. The molecule has 0 saturated carbocycles. The molecule has 0 aliphatic heterocycles. The molecular formula is C22H24ClN3O3. The Balaban J connectivity index is 2.29. The number of nitrogens with zero attached hydrogens (tertiary/aromatic N) is 3. The van der Waals surface area contributed by atoms with E-state index in [1.54, 1.807) is 12.3 Å². The molecule has 3 aromatic heterocycles. The van der Waals surface area contributed by atoms with Crippen molar-refractivity contribution in [1.29, 1.82) is 0 Å². The smallest absolute Gasteiger partial charge is 0.303 e. The van der Waals surface area contributed by atoms with Crippen LogP contribution in [0.3, 0.4) is 0 Å². The molecule has 0 amide bonds. The number of aryl methyl sites for hydroxylation is 3. The minimum atomic E-state index is -0.906. The van der Waals surface area contributed by atoms with E-state index in [-0.39, 0.29) is 25.0 Å². The lowest BCUT2D eigenvalue weighted by Crippen LogP contribution is -2.12. The minimum absolute atomic E-state index is 0.0395. The van der Waals surface area contributed by atoms with Gasteiger partial charge in [-0.1, -0.05) is 25.4 Å². The Morgan fingerprint density at radius 1 is 1.17 bits per heavy atom. The minimum Gasteiger partial charge on any atom is -0.481 e. The zero-order valence-electron chi connectivity index (χ0n) is 16.8. The Labute approximate surface area is 174 Å². The van der Waals surface area contributed by atoms with Crippen molar-refractivity contribution >= 4 is 28.9 Å². The number of carboxylic acids is 1. The van der Waals surface area contributed by atoms with Crippen LogP contribution >= 0.6 is 11.6 Å². The molecule has 1 N–H and O–H groups in total. The van der Waals surface area contributed by atoms with E-state index >= 15 is 0 Å². The second kappa shape index (κ2) is 8.74. The summed E-state index contributed by atoms with van der Waals surface area (Å²) in [5.74, 6) is -1.01. The Morgan fingerprint density at radius 3 is 2.55 bits per heavy atom. The normalized spacial score (nSPS) is 11.2. The third-order valence-electron chi connectivity index (χ3n) is 5.06. The summed E-state index contributed by atoms with van der Waals surface area (Å²) in [4.78, 5) is 28.1. The number of carbonyl (C=O) groups excluding carboxylic acids is 1. The SMILES string of the molecule is CCc1cc(CC)n2nc(C)c(C(=O)CCCC(=O)O)c(-c3ccnc(Cl)c3)c12. The lowest BCUT2D eigenvalue weighted by atomic mass is 9.93. The molecule has 0 radical (unpaired) electrons. The van der Waals surface area contributed by atoms with Gasteiger partial charge in [-0.05, 0) is 55.5 Å². The zero-order chi connectivity index (χ0) is 21.1. The third-order valence-corrected chi connectivity index (χ3v) is 5.27. The highest BCUT2D eigenvalue weighted by Gasteiger charge is 2.24. The number of hydrogen-bond acceptors (Lipinski definition) is 4. The molecular weight excluding hydrogens is 390 g/mol. The molecule has 3 heterocycles. The number of aromatic nitrogens is 3. The lowest BCUT2D eigenvalue weighted by Gasteiger charge is -2.16. The van der Waals surface area contributed by atoms with Gasteiger partial charge in [0.15, 0.2) is 5.78 Å². The van der Waals surface area contributed by atoms with Crippen LogP contribution in [0.5, 0.6) is 0 Å². The summed E-state index contributed by atoms with van der Waals surface area (Å²) in [5, 5.41) is 14.0. The summed E-state index contributed by atoms with van der Waals surface area (Å²) in [7, 11) is 0. The summed E-state index contributed by atoms with van der Waals surface area (Å²) in [6, 6.07) is 5.72. The number of ketones is 1. The molecule has 3 aromatic rings. The van der Waals surface area contributed by atoms with Gasteiger partial charge >= 0.3 is 5.97 Å². The van der Waals surface area contributed by atoms with Crippen LogP contribution in [-0.2, 0) is 17.6 Å². The first-order valence-electron chi connectivity index (χ1n) is 9.78. The van der Waals surface area contributed by atoms with E-state index in [1.807, 2.05) is 17.5 Å². The van der Waals surface area contributed by atoms with Gasteiger partial charge in [0, 0.05) is 30.3 Å². The van der Waals surface area contributed by atoms with Crippen molar-refractivity contribution in [3.8, 4) is 11.1 Å². The Hall–Kier alpha value is -2.73. The number of carboxylic acid groups (broad SMARTS) is 1. The molecule has 0 bridgehead atoms. The average Bonchev–Trinajstić information content (AvgIpc) is 3.03. The summed E-state index contributed by atoms with van der Waals surface area (Å²) in [5.41, 5.74) is 5.83. The molecule has 0 atom stereocenters. The first-order valence-corrected chi connectivity index (χ1v) is 10.2. The van der Waals surface area contributed by atoms with Gasteiger partial charge in [0.05, 0.1) is 16.8 Å². The van der Waals surface area contributed by atoms with E-state index in [9.17, 15) is 9.59 Å². The predicted molar refractivity (Wildman–Crippen MR) is 113 cm³/mol. The van der Waals surface area contributed by atoms with E-state index in [2.05, 4.69) is 24.9 Å². The number of rotatable bonds is 8. The van der Waals surface area contributed by atoms with Crippen molar-refractivity contribution < 1.29 is 14.7 Å². The molecule has 0 unspecified atom stereocenters. The van der Waals surface area contributed by atoms with Gasteiger partial charge in [-0.25, -0.2) is 9.50 Å². The summed E-state index contributed by atoms with van der Waals surface area (Å²) in [6.45, 7) is 5.97. The summed E-state index contributed by atoms with van der Waals surface area (Å²) in [6.07, 6.45) is 3.64. The van der Waals surface area contributed by atoms with Crippen LogP contribution in [0.4, 0.5) is 0 Å². The van der Waals surface area contributed by atoms with Crippen molar-refractivity contribution in [3.05, 3.63) is 52.1 Å². The number of aliphatic carboxylic acids is 1. The van der Waals surface area contributed by atoms with Crippen LogP contribution in [0.2, 0.25) is 5.15 Å². The second-order valence-corrected chi connectivity index (χ2v) is 7.39. The second-order valence-electron chi connectivity index (χ2n) is 7.00. The highest BCUT2D eigenvalue weighted by atomic mass is 35.5. The van der Waals surface area contributed by atoms with E-state index in [0.29, 0.717) is 16.4 Å². The number of pyridine rings is 1. The van der Waals surface area contributed by atoms with Crippen molar-refractivity contribution in [2.24, 2.45) is 0 Å². The average molecular weight is 414 g/mol. The van der Waals surface area contributed by atoms with Gasteiger partial charge in [0.1, 0.15) is 5.15 Å². The van der Waals surface area contributed by atoms with Crippen LogP contribution in [0.1, 0.15) is 60.4 Å². The fourth-order valence-electron chi connectivity index (χ4n) is 3.72. The molecule has 29 heavy (non-hydrogen) atoms. The molecule has 0 aromatic carbocycles. The van der Waals surface area contributed by atoms with E-state index in [0.717, 1.165) is 40.7 Å². The number of carbonyl (C=O) groups is 2. The number of hydrogen-bond donors (Lipinski definition) is 1. The standard InChI is InChI=1S/C22H24ClN3O3/c1-4-14-11-16(5-2)26-22(14)21(15-9-10-24-18(23)12-15)20(13(3)25-26)17(27)7-6-8-19(28)29/h9-12H,4-8H2,1-3H3,(H,28,29). The van der Waals surface area contributed by atoms with Crippen LogP contribution in [-0.4, -0.2) is 31.5 Å². The third kappa shape index (κ3) is 4.17. The molecule has 0 aliphatic carbocycles. The van der Waals surface area contributed by atoms with Crippen LogP contribution in [0.15, 0.2) is 24.4 Å². The zero-order valence-corrected chi connectivity index (χ0v) is 17.6. The van der Waals surface area contributed by atoms with Gasteiger partial charge in [-0.15, -0.1) is 0 Å². The van der Waals surface area contributed by atoms with Crippen LogP contribution < -0.4 is 0 Å². The first kappa shape index (κ1) is 21.0. The quantitative estimate of drug-likeness (QED) is 0.418. The van der Waals surface area contributed by atoms with Crippen molar-refractivity contribution in [2.45, 2.75) is 52.9 Å². The van der Waals surface area contributed by atoms with Crippen molar-refractivity contribution in [2.75, 3.05) is 0 Å². The highest BCUT2D eigenvalue weighted by molar-refractivity contribution is 6.29. The fourth-order valence-corrected chi connectivity index (χ4v) is 3.89. The molecule has 0 saturated heterocycles. The highest BCUT2D eigenvalue weighted by Crippen LogP contribution is 2.35. The molecule has 6 nitrogen and oxygen atoms in total. The van der Waals surface area contributed by atoms with Gasteiger partial charge in [0.2, 0.25) is 0 Å². The monoisotopic (exact) mass is 413 g/mol. The molecule has 152 valence electrons. The maximum absolute atomic E-state index is 13.2. The molecule has 0 spiro atoms. The van der Waals surface area contributed by atoms with Crippen molar-refractivity contribution in [3.63, 3.8) is 0 Å². The predicted octanol–water partition coefficient (Wildman–Crippen LogP) is 4.92. The van der Waals surface area contributed by atoms with Crippen molar-refractivity contribution in [1.82, 2.24) is 14.6 Å². The fraction of sp³-hybridized carbons (Fsp3) is 0.364. The van der Waals surface area contributed by atoms with Gasteiger partial charge in [0.25, 0.3) is 0 Å². The van der Waals surface area contributed by atoms with E-state index in [1.165, 1.54) is 0 Å². The van der Waals surface area contributed by atoms with Crippen LogP contribution in [0, 0.1) is 6.92 Å². The molecule has 7 heteroatoms. The van der Waals surface area contributed by atoms with Gasteiger partial charge < -0.3 is 5.11 Å². The first-order chi connectivity index (χ1) is 13.9. The topological polar surface area (TPSA) is 84.6 Å². The Morgan fingerprint density at radius 2 is 1.93 bits per heavy atom. The largest absolute Gasteiger partial charge is 0.481 e. The molecule has 0 aliphatic rings. The van der Waals surface area contributed by atoms with Gasteiger partial charge in [-0.3, -0.25) is 9.59 Å². The van der Waals surface area contributed by atoms with E-state index in [4.69, 9.17) is 21.8 Å². The molecule has 3 rings (SSSR count). The maximum Gasteiger partial charge on any atom is 0.303 e. The Kier molecular flexibility index (Phi) is 6.33. The summed E-state index contributed by atoms with van der Waals surface area (Å²) >= 11 is 6.16. The molecule has 0 fully saturated rings. The van der Waals surface area contributed by atoms with E-state index < -0.39 is 5.97 Å². The Bertz CT molecular complexity index is 1090. The number of fused-ring (bicyclic) bond motifs is 1. The number of Topliss-reactive ketones (excluding diaryl/α,β-unsaturated/α-hetero) is 1. The lowest BCUT2D eigenvalue weighted by molar-refractivity contribution is -0.137. The van der Waals surface area contributed by atoms with Gasteiger partial charge in [-0.2, -0.15) is 5.10 Å². The van der Waals surface area contributed by atoms with Crippen LogP contribution in [0.25, 0.3) is 16.6 Å². The summed E-state index contributed by atoms with van der Waals surface area (Å²) < 4.78 is 1.92. The maximum atomic E-state index is 13.2.